The van der Waals surface area contributed by atoms with E-state index in [2.05, 4.69) is 5.32 Å². The molecule has 0 fully saturated rings. The van der Waals surface area contributed by atoms with Crippen molar-refractivity contribution in [2.24, 2.45) is 0 Å². The summed E-state index contributed by atoms with van der Waals surface area (Å²) in [5, 5.41) is 38.8. The van der Waals surface area contributed by atoms with Gasteiger partial charge in [0.1, 0.15) is 30.6 Å². The fraction of sp³-hybridized carbons (Fsp3) is 0.800. The topological polar surface area (TPSA) is 127 Å². The van der Waals surface area contributed by atoms with E-state index in [0.717, 1.165) is 0 Å². The van der Waals surface area contributed by atoms with Gasteiger partial charge >= 0.3 is 0 Å². The number of hydrogen-bond donors (Lipinski definition) is 5. The lowest BCUT2D eigenvalue weighted by Crippen LogP contribution is -2.53. The fourth-order valence-electron chi connectivity index (χ4n) is 1.23. The monoisotopic (exact) mass is 249 g/mol. The summed E-state index contributed by atoms with van der Waals surface area (Å²) in [6, 6.07) is -1.31. The molecule has 0 heterocycles. The van der Waals surface area contributed by atoms with Crippen molar-refractivity contribution in [2.75, 3.05) is 6.61 Å². The Kier molecular flexibility index (Phi) is 7.64. The molecule has 1 amide bonds. The van der Waals surface area contributed by atoms with Gasteiger partial charge in [-0.3, -0.25) is 4.79 Å². The third-order valence-corrected chi connectivity index (χ3v) is 2.25. The Bertz CT molecular complexity index is 247. The van der Waals surface area contributed by atoms with Crippen LogP contribution in [0.5, 0.6) is 0 Å². The summed E-state index contributed by atoms with van der Waals surface area (Å²) >= 11 is 0. The molecular formula is C10H19NO6. The Balaban J connectivity index is 4.43. The molecule has 0 saturated heterocycles. The molecule has 0 aromatic rings. The number of nitrogens with one attached hydrogen (secondary N) is 1. The van der Waals surface area contributed by atoms with Crippen LogP contribution < -0.4 is 5.32 Å². The van der Waals surface area contributed by atoms with Crippen molar-refractivity contribution in [3.8, 4) is 0 Å². The summed E-state index contributed by atoms with van der Waals surface area (Å²) in [4.78, 5) is 21.9. The molecule has 0 aromatic heterocycles. The van der Waals surface area contributed by atoms with Gasteiger partial charge in [0.2, 0.25) is 5.91 Å². The third kappa shape index (κ3) is 5.22. The number of amides is 1. The molecule has 7 heteroatoms. The minimum absolute atomic E-state index is 0.190. The van der Waals surface area contributed by atoms with Crippen LogP contribution in [-0.4, -0.2) is 63.6 Å². The van der Waals surface area contributed by atoms with Gasteiger partial charge < -0.3 is 30.5 Å². The number of aliphatic hydroxyl groups is 4. The standard InChI is InChI=1S/C10H19NO6/c1-2-3-8(15)11-6(4-12)9(16)10(17)7(14)5-13/h4,6-7,9-10,13-14,16-17H,2-3,5H2,1H3,(H,11,15)/t6-,7+,9+,10-/m0/s1. The normalized spacial score (nSPS) is 17.9. The second-order valence-electron chi connectivity index (χ2n) is 3.71. The maximum Gasteiger partial charge on any atom is 0.220 e. The van der Waals surface area contributed by atoms with Gasteiger partial charge in [0.15, 0.2) is 0 Å². The minimum atomic E-state index is -1.71. The smallest absolute Gasteiger partial charge is 0.220 e. The predicted molar refractivity (Wildman–Crippen MR) is 58.0 cm³/mol. The van der Waals surface area contributed by atoms with E-state index in [4.69, 9.17) is 10.2 Å². The Morgan fingerprint density at radius 1 is 1.29 bits per heavy atom. The molecule has 0 spiro atoms. The quantitative estimate of drug-likeness (QED) is 0.304. The second-order valence-corrected chi connectivity index (χ2v) is 3.71. The first kappa shape index (κ1) is 16.0. The highest BCUT2D eigenvalue weighted by molar-refractivity contribution is 5.79. The van der Waals surface area contributed by atoms with Gasteiger partial charge in [-0.25, -0.2) is 0 Å². The first-order valence-corrected chi connectivity index (χ1v) is 5.37. The molecular weight excluding hydrogens is 230 g/mol. The van der Waals surface area contributed by atoms with E-state index in [9.17, 15) is 19.8 Å². The predicted octanol–water partition coefficient (Wildman–Crippen LogP) is -2.45. The van der Waals surface area contributed by atoms with E-state index in [1.807, 2.05) is 0 Å². The molecule has 0 aliphatic rings. The maximum absolute atomic E-state index is 11.2. The van der Waals surface area contributed by atoms with Crippen LogP contribution in [0.3, 0.4) is 0 Å². The van der Waals surface area contributed by atoms with E-state index in [0.29, 0.717) is 6.42 Å². The molecule has 5 N–H and O–H groups in total. The summed E-state index contributed by atoms with van der Waals surface area (Å²) in [6.07, 6.45) is -3.92. The average Bonchev–Trinajstić information content (AvgIpc) is 2.33. The minimum Gasteiger partial charge on any atom is -0.394 e. The Morgan fingerprint density at radius 2 is 1.88 bits per heavy atom. The Labute approximate surface area is 99.1 Å². The molecule has 0 unspecified atom stereocenters. The lowest BCUT2D eigenvalue weighted by atomic mass is 10.0. The van der Waals surface area contributed by atoms with E-state index in [1.54, 1.807) is 6.92 Å². The number of aldehydes is 1. The Morgan fingerprint density at radius 3 is 2.29 bits per heavy atom. The molecule has 0 bridgehead atoms. The highest BCUT2D eigenvalue weighted by atomic mass is 16.4. The highest BCUT2D eigenvalue weighted by Gasteiger charge is 2.31. The molecule has 17 heavy (non-hydrogen) atoms. The van der Waals surface area contributed by atoms with E-state index in [1.165, 1.54) is 0 Å². The molecule has 7 nitrogen and oxygen atoms in total. The lowest BCUT2D eigenvalue weighted by Gasteiger charge is -2.26. The molecule has 0 saturated carbocycles. The summed E-state index contributed by atoms with van der Waals surface area (Å²) in [5.74, 6) is -0.436. The van der Waals surface area contributed by atoms with Crippen molar-refractivity contribution in [2.45, 2.75) is 44.1 Å². The van der Waals surface area contributed by atoms with Crippen LogP contribution in [0.4, 0.5) is 0 Å². The van der Waals surface area contributed by atoms with Crippen LogP contribution in [0.1, 0.15) is 19.8 Å². The maximum atomic E-state index is 11.2. The van der Waals surface area contributed by atoms with Gasteiger partial charge in [-0.15, -0.1) is 0 Å². The van der Waals surface area contributed by atoms with Gasteiger partial charge in [0, 0.05) is 6.42 Å². The average molecular weight is 249 g/mol. The SMILES string of the molecule is CCCC(=O)N[C@@H](C=O)[C@@H](O)[C@@H](O)[C@H](O)CO. The summed E-state index contributed by atoms with van der Waals surface area (Å²) in [5.41, 5.74) is 0. The molecule has 0 aliphatic heterocycles. The molecule has 0 aromatic carbocycles. The first-order chi connectivity index (χ1) is 7.97. The van der Waals surface area contributed by atoms with Gasteiger partial charge in [-0.05, 0) is 6.42 Å². The van der Waals surface area contributed by atoms with E-state index < -0.39 is 36.9 Å². The number of rotatable bonds is 8. The van der Waals surface area contributed by atoms with Gasteiger partial charge in [-0.1, -0.05) is 6.92 Å². The van der Waals surface area contributed by atoms with Crippen molar-refractivity contribution >= 4 is 12.2 Å². The van der Waals surface area contributed by atoms with Crippen LogP contribution >= 0.6 is 0 Å². The first-order valence-electron chi connectivity index (χ1n) is 5.37. The zero-order valence-corrected chi connectivity index (χ0v) is 9.61. The van der Waals surface area contributed by atoms with Crippen molar-refractivity contribution in [1.29, 1.82) is 0 Å². The number of hydrogen-bond acceptors (Lipinski definition) is 6. The summed E-state index contributed by atoms with van der Waals surface area (Å²) < 4.78 is 0. The van der Waals surface area contributed by atoms with E-state index >= 15 is 0 Å². The summed E-state index contributed by atoms with van der Waals surface area (Å²) in [6.45, 7) is 1.02. The fourth-order valence-corrected chi connectivity index (χ4v) is 1.23. The van der Waals surface area contributed by atoms with Crippen LogP contribution in [0.25, 0.3) is 0 Å². The molecule has 4 atom stereocenters. The summed E-state index contributed by atoms with van der Waals surface area (Å²) in [7, 11) is 0. The van der Waals surface area contributed by atoms with Crippen molar-refractivity contribution in [3.05, 3.63) is 0 Å². The van der Waals surface area contributed by atoms with Crippen LogP contribution in [0.15, 0.2) is 0 Å². The van der Waals surface area contributed by atoms with Crippen LogP contribution in [0, 0.1) is 0 Å². The molecule has 0 radical (unpaired) electrons. The second kappa shape index (κ2) is 8.13. The van der Waals surface area contributed by atoms with Crippen LogP contribution in [0.2, 0.25) is 0 Å². The van der Waals surface area contributed by atoms with E-state index in [-0.39, 0.29) is 12.7 Å². The van der Waals surface area contributed by atoms with Crippen LogP contribution in [-0.2, 0) is 9.59 Å². The molecule has 100 valence electrons. The van der Waals surface area contributed by atoms with Crippen molar-refractivity contribution in [3.63, 3.8) is 0 Å². The zero-order valence-electron chi connectivity index (χ0n) is 9.61. The Hall–Kier alpha value is -1.02. The molecule has 0 aliphatic carbocycles. The number of carbonyl (C=O) groups excluding carboxylic acids is 2. The third-order valence-electron chi connectivity index (χ3n) is 2.25. The van der Waals surface area contributed by atoms with Gasteiger partial charge in [0.05, 0.1) is 6.61 Å². The number of carbonyl (C=O) groups is 2. The number of aliphatic hydroxyl groups excluding tert-OH is 4. The van der Waals surface area contributed by atoms with Crippen molar-refractivity contribution in [1.82, 2.24) is 5.32 Å². The van der Waals surface area contributed by atoms with Gasteiger partial charge in [-0.2, -0.15) is 0 Å². The largest absolute Gasteiger partial charge is 0.394 e. The molecule has 0 rings (SSSR count). The highest BCUT2D eigenvalue weighted by Crippen LogP contribution is 2.04. The van der Waals surface area contributed by atoms with Crippen molar-refractivity contribution < 1.29 is 30.0 Å². The lowest BCUT2D eigenvalue weighted by molar-refractivity contribution is -0.131. The zero-order chi connectivity index (χ0) is 13.4. The van der Waals surface area contributed by atoms with Gasteiger partial charge in [0.25, 0.3) is 0 Å².